The van der Waals surface area contributed by atoms with Crippen molar-refractivity contribution in [1.82, 2.24) is 24.9 Å². The predicted octanol–water partition coefficient (Wildman–Crippen LogP) is 3.82. The summed E-state index contributed by atoms with van der Waals surface area (Å²) in [4.78, 5) is 12.9. The van der Waals surface area contributed by atoms with Gasteiger partial charge >= 0.3 is 6.18 Å². The average Bonchev–Trinajstić information content (AvgIpc) is 3.26. The maximum absolute atomic E-state index is 13.8. The van der Waals surface area contributed by atoms with Crippen molar-refractivity contribution in [2.45, 2.75) is 45.1 Å². The Kier molecular flexibility index (Phi) is 5.24. The third-order valence-corrected chi connectivity index (χ3v) is 5.77. The van der Waals surface area contributed by atoms with E-state index in [4.69, 9.17) is 0 Å². The number of fused-ring (bicyclic) bond motifs is 1. The van der Waals surface area contributed by atoms with Crippen LogP contribution in [-0.4, -0.2) is 31.6 Å². The van der Waals surface area contributed by atoms with E-state index in [9.17, 15) is 18.0 Å². The van der Waals surface area contributed by atoms with Crippen molar-refractivity contribution in [3.63, 3.8) is 0 Å². The van der Waals surface area contributed by atoms with E-state index in [0.29, 0.717) is 0 Å². The number of hydrogen-bond donors (Lipinski definition) is 2. The Hall–Kier alpha value is -3.30. The van der Waals surface area contributed by atoms with Crippen LogP contribution in [0.25, 0.3) is 0 Å². The molecule has 1 aliphatic heterocycles. The standard InChI is InChI=1S/C21H23F3N6O/c1-12-15(13(2)29(3)28-12)10-25-20(31)16-11-26-30-18(21(22,23)24)9-17(27-19(16)30)14-7-5-4-6-8-14/h4-8,11,17-18,27H,9-10H2,1-3H3,(H,25,31)/t17-,18+/m1/s1. The fourth-order valence-electron chi connectivity index (χ4n) is 3.97. The van der Waals surface area contributed by atoms with Crippen LogP contribution in [0.2, 0.25) is 0 Å². The molecule has 2 atom stereocenters. The first-order valence-electron chi connectivity index (χ1n) is 9.89. The second kappa shape index (κ2) is 7.75. The van der Waals surface area contributed by atoms with Gasteiger partial charge in [-0.05, 0) is 19.4 Å². The van der Waals surface area contributed by atoms with Gasteiger partial charge in [0, 0.05) is 31.3 Å². The summed E-state index contributed by atoms with van der Waals surface area (Å²) in [5.74, 6) is -0.425. The molecule has 1 aromatic carbocycles. The molecule has 10 heteroatoms. The van der Waals surface area contributed by atoms with Gasteiger partial charge in [0.05, 0.1) is 17.9 Å². The minimum absolute atomic E-state index is 0.0690. The summed E-state index contributed by atoms with van der Waals surface area (Å²) in [7, 11) is 1.81. The zero-order valence-electron chi connectivity index (χ0n) is 17.4. The summed E-state index contributed by atoms with van der Waals surface area (Å²) in [6.45, 7) is 3.96. The Bertz CT molecular complexity index is 1100. The molecule has 0 saturated carbocycles. The van der Waals surface area contributed by atoms with Crippen molar-refractivity contribution in [3.05, 3.63) is 64.6 Å². The summed E-state index contributed by atoms with van der Waals surface area (Å²) < 4.78 is 43.9. The summed E-state index contributed by atoms with van der Waals surface area (Å²) in [6, 6.07) is 6.48. The van der Waals surface area contributed by atoms with Crippen LogP contribution in [0.5, 0.6) is 0 Å². The molecule has 2 N–H and O–H groups in total. The summed E-state index contributed by atoms with van der Waals surface area (Å²) in [5.41, 5.74) is 3.37. The van der Waals surface area contributed by atoms with Crippen LogP contribution in [0, 0.1) is 13.8 Å². The largest absolute Gasteiger partial charge is 0.410 e. The first-order chi connectivity index (χ1) is 14.7. The van der Waals surface area contributed by atoms with Crippen LogP contribution in [-0.2, 0) is 13.6 Å². The molecule has 3 heterocycles. The molecule has 0 spiro atoms. The van der Waals surface area contributed by atoms with Gasteiger partial charge < -0.3 is 10.6 Å². The topological polar surface area (TPSA) is 76.8 Å². The molecule has 31 heavy (non-hydrogen) atoms. The number of benzene rings is 1. The minimum atomic E-state index is -4.49. The van der Waals surface area contributed by atoms with Crippen molar-refractivity contribution in [1.29, 1.82) is 0 Å². The lowest BCUT2D eigenvalue weighted by molar-refractivity contribution is -0.173. The van der Waals surface area contributed by atoms with Crippen LogP contribution >= 0.6 is 0 Å². The summed E-state index contributed by atoms with van der Waals surface area (Å²) in [5, 5.41) is 14.1. The highest BCUT2D eigenvalue weighted by Crippen LogP contribution is 2.44. The van der Waals surface area contributed by atoms with Gasteiger partial charge in [0.1, 0.15) is 11.4 Å². The molecule has 1 aliphatic rings. The molecule has 1 amide bonds. The third-order valence-electron chi connectivity index (χ3n) is 5.77. The highest BCUT2D eigenvalue weighted by atomic mass is 19.4. The maximum atomic E-state index is 13.8. The van der Waals surface area contributed by atoms with Gasteiger partial charge in [0.2, 0.25) is 0 Å². The van der Waals surface area contributed by atoms with E-state index in [1.807, 2.05) is 20.9 Å². The molecule has 164 valence electrons. The first-order valence-corrected chi connectivity index (χ1v) is 9.89. The number of amides is 1. The Morgan fingerprint density at radius 2 is 1.97 bits per heavy atom. The number of hydrogen-bond acceptors (Lipinski definition) is 4. The van der Waals surface area contributed by atoms with E-state index in [1.54, 1.807) is 35.0 Å². The number of rotatable bonds is 4. The predicted molar refractivity (Wildman–Crippen MR) is 109 cm³/mol. The van der Waals surface area contributed by atoms with E-state index in [1.165, 1.54) is 6.20 Å². The lowest BCUT2D eigenvalue weighted by Crippen LogP contribution is -2.36. The molecule has 0 fully saturated rings. The van der Waals surface area contributed by atoms with Crippen LogP contribution < -0.4 is 10.6 Å². The number of aromatic nitrogens is 4. The molecule has 3 aromatic rings. The van der Waals surface area contributed by atoms with E-state index < -0.39 is 24.2 Å². The highest BCUT2D eigenvalue weighted by Gasteiger charge is 2.47. The number of halogens is 3. The van der Waals surface area contributed by atoms with Gasteiger partial charge in [-0.1, -0.05) is 30.3 Å². The Labute approximate surface area is 177 Å². The minimum Gasteiger partial charge on any atom is -0.363 e. The van der Waals surface area contributed by atoms with Gasteiger partial charge in [-0.25, -0.2) is 4.68 Å². The lowest BCUT2D eigenvalue weighted by Gasteiger charge is -2.34. The van der Waals surface area contributed by atoms with Crippen molar-refractivity contribution in [2.24, 2.45) is 7.05 Å². The van der Waals surface area contributed by atoms with E-state index >= 15 is 0 Å². The number of aryl methyl sites for hydroxylation is 2. The Balaban J connectivity index is 1.62. The second-order valence-corrected chi connectivity index (χ2v) is 7.71. The number of alkyl halides is 3. The van der Waals surface area contributed by atoms with Crippen LogP contribution in [0.3, 0.4) is 0 Å². The first kappa shape index (κ1) is 21.0. The molecule has 7 nitrogen and oxygen atoms in total. The number of carbonyl (C=O) groups is 1. The smallest absolute Gasteiger partial charge is 0.363 e. The summed E-state index contributed by atoms with van der Waals surface area (Å²) in [6.07, 6.45) is -3.52. The van der Waals surface area contributed by atoms with E-state index in [-0.39, 0.29) is 24.3 Å². The van der Waals surface area contributed by atoms with E-state index in [0.717, 1.165) is 27.2 Å². The molecule has 0 radical (unpaired) electrons. The quantitative estimate of drug-likeness (QED) is 0.657. The highest BCUT2D eigenvalue weighted by molar-refractivity contribution is 5.98. The third kappa shape index (κ3) is 3.89. The number of anilines is 1. The number of carbonyl (C=O) groups excluding carboxylic acids is 1. The zero-order valence-corrected chi connectivity index (χ0v) is 17.4. The van der Waals surface area contributed by atoms with Gasteiger partial charge in [-0.3, -0.25) is 9.48 Å². The molecule has 0 saturated heterocycles. The lowest BCUT2D eigenvalue weighted by atomic mass is 9.96. The zero-order chi connectivity index (χ0) is 22.3. The van der Waals surface area contributed by atoms with Crippen LogP contribution in [0.4, 0.5) is 19.0 Å². The van der Waals surface area contributed by atoms with Crippen molar-refractivity contribution in [2.75, 3.05) is 5.32 Å². The van der Waals surface area contributed by atoms with Gasteiger partial charge in [-0.2, -0.15) is 23.4 Å². The molecule has 0 aliphatic carbocycles. The monoisotopic (exact) mass is 432 g/mol. The molecular formula is C21H23F3N6O. The number of nitrogens with zero attached hydrogens (tertiary/aromatic N) is 4. The van der Waals surface area contributed by atoms with Crippen molar-refractivity contribution >= 4 is 11.7 Å². The van der Waals surface area contributed by atoms with Gasteiger partial charge in [-0.15, -0.1) is 0 Å². The van der Waals surface area contributed by atoms with E-state index in [2.05, 4.69) is 20.8 Å². The Morgan fingerprint density at radius 3 is 2.58 bits per heavy atom. The van der Waals surface area contributed by atoms with Gasteiger partial charge in [0.25, 0.3) is 5.91 Å². The molecule has 0 bridgehead atoms. The normalized spacial score (nSPS) is 18.4. The maximum Gasteiger partial charge on any atom is 0.410 e. The Morgan fingerprint density at radius 1 is 1.26 bits per heavy atom. The fraction of sp³-hybridized carbons (Fsp3) is 0.381. The van der Waals surface area contributed by atoms with Crippen molar-refractivity contribution < 1.29 is 18.0 Å². The molecule has 4 rings (SSSR count). The molecular weight excluding hydrogens is 409 g/mol. The van der Waals surface area contributed by atoms with Crippen LogP contribution in [0.1, 0.15) is 51.4 Å². The molecule has 0 unspecified atom stereocenters. The SMILES string of the molecule is Cc1nn(C)c(C)c1CNC(=O)c1cnn2c1N[C@@H](c1ccccc1)C[C@H]2C(F)(F)F. The van der Waals surface area contributed by atoms with Crippen molar-refractivity contribution in [3.8, 4) is 0 Å². The fourth-order valence-corrected chi connectivity index (χ4v) is 3.97. The number of nitrogens with one attached hydrogen (secondary N) is 2. The second-order valence-electron chi connectivity index (χ2n) is 7.71. The summed E-state index contributed by atoms with van der Waals surface area (Å²) >= 11 is 0. The average molecular weight is 432 g/mol. The molecule has 2 aromatic heterocycles. The van der Waals surface area contributed by atoms with Gasteiger partial charge in [0.15, 0.2) is 6.04 Å². The van der Waals surface area contributed by atoms with Crippen LogP contribution in [0.15, 0.2) is 36.5 Å².